The van der Waals surface area contributed by atoms with E-state index in [9.17, 15) is 29.4 Å². The van der Waals surface area contributed by atoms with Crippen LogP contribution < -0.4 is 9.47 Å². The molecule has 10 nitrogen and oxygen atoms in total. The van der Waals surface area contributed by atoms with Crippen LogP contribution in [0.5, 0.6) is 11.5 Å². The molecule has 0 saturated carbocycles. The van der Waals surface area contributed by atoms with Gasteiger partial charge < -0.3 is 29.5 Å². The van der Waals surface area contributed by atoms with Gasteiger partial charge in [0, 0.05) is 23.9 Å². The van der Waals surface area contributed by atoms with Gasteiger partial charge in [-0.2, -0.15) is 0 Å². The van der Waals surface area contributed by atoms with E-state index in [-0.39, 0.29) is 13.2 Å². The molecule has 0 radical (unpaired) electrons. The van der Waals surface area contributed by atoms with Gasteiger partial charge in [0.1, 0.15) is 23.6 Å². The number of nitrogens with zero attached hydrogens (tertiary/aromatic N) is 2. The molecule has 0 spiro atoms. The molecule has 2 N–H and O–H groups in total. The van der Waals surface area contributed by atoms with Crippen molar-refractivity contribution in [1.29, 1.82) is 0 Å². The van der Waals surface area contributed by atoms with Gasteiger partial charge in [0.05, 0.1) is 0 Å². The van der Waals surface area contributed by atoms with Crippen LogP contribution in [0, 0.1) is 0 Å². The molecule has 2 atom stereocenters. The summed E-state index contributed by atoms with van der Waals surface area (Å²) in [6, 6.07) is 8.80. The molecule has 10 heteroatoms. The van der Waals surface area contributed by atoms with Crippen LogP contribution in [0.25, 0.3) is 10.8 Å². The van der Waals surface area contributed by atoms with E-state index in [0.717, 1.165) is 0 Å². The van der Waals surface area contributed by atoms with Crippen LogP contribution >= 0.6 is 0 Å². The van der Waals surface area contributed by atoms with Crippen molar-refractivity contribution in [3.05, 3.63) is 36.4 Å². The number of carbonyl (C=O) groups excluding carboxylic acids is 2. The van der Waals surface area contributed by atoms with Crippen molar-refractivity contribution in [3.63, 3.8) is 0 Å². The molecule has 34 heavy (non-hydrogen) atoms. The number of hydrogen-bond donors (Lipinski definition) is 2. The van der Waals surface area contributed by atoms with Gasteiger partial charge in [-0.3, -0.25) is 9.59 Å². The fraction of sp³-hybridized carbons (Fsp3) is 0.417. The highest BCUT2D eigenvalue weighted by Crippen LogP contribution is 2.32. The molecule has 0 aromatic heterocycles. The van der Waals surface area contributed by atoms with E-state index in [2.05, 4.69) is 0 Å². The maximum atomic E-state index is 12.5. The number of hydrogen-bond acceptors (Lipinski definition) is 6. The summed E-state index contributed by atoms with van der Waals surface area (Å²) in [7, 11) is 0. The van der Waals surface area contributed by atoms with Crippen molar-refractivity contribution in [3.8, 4) is 11.5 Å². The second-order valence-corrected chi connectivity index (χ2v) is 8.35. The van der Waals surface area contributed by atoms with Crippen LogP contribution in [0.4, 0.5) is 0 Å². The van der Waals surface area contributed by atoms with Gasteiger partial charge in [-0.05, 0) is 37.8 Å². The number of rotatable bonds is 8. The van der Waals surface area contributed by atoms with Gasteiger partial charge in [-0.15, -0.1) is 0 Å². The van der Waals surface area contributed by atoms with Crippen LogP contribution in [0.2, 0.25) is 0 Å². The number of carbonyl (C=O) groups is 4. The molecule has 2 saturated heterocycles. The zero-order valence-corrected chi connectivity index (χ0v) is 18.5. The Hall–Kier alpha value is -3.82. The Balaban J connectivity index is 1.44. The number of benzene rings is 2. The van der Waals surface area contributed by atoms with Crippen LogP contribution in [-0.2, 0) is 19.2 Å². The monoisotopic (exact) mass is 470 g/mol. The van der Waals surface area contributed by atoms with Crippen molar-refractivity contribution < 1.29 is 38.9 Å². The number of fused-ring (bicyclic) bond motifs is 1. The Labute approximate surface area is 195 Å². The van der Waals surface area contributed by atoms with Crippen molar-refractivity contribution in [2.24, 2.45) is 0 Å². The lowest BCUT2D eigenvalue weighted by molar-refractivity contribution is -0.149. The zero-order chi connectivity index (χ0) is 24.2. The Morgan fingerprint density at radius 3 is 1.53 bits per heavy atom. The third-order valence-corrected chi connectivity index (χ3v) is 6.26. The van der Waals surface area contributed by atoms with Crippen molar-refractivity contribution >= 4 is 34.5 Å². The van der Waals surface area contributed by atoms with Crippen molar-refractivity contribution in [2.45, 2.75) is 37.8 Å². The molecule has 2 unspecified atom stereocenters. The van der Waals surface area contributed by atoms with Crippen LogP contribution in [0.3, 0.4) is 0 Å². The van der Waals surface area contributed by atoms with Gasteiger partial charge in [-0.25, -0.2) is 9.59 Å². The average Bonchev–Trinajstić information content (AvgIpc) is 3.51. The van der Waals surface area contributed by atoms with E-state index in [4.69, 9.17) is 9.47 Å². The molecule has 2 aromatic rings. The standard InChI is InChI=1S/C24H26N2O8/c27-21(25-11-3-7-17(25)23(29)30)13-33-19-9-1-5-15-16(19)6-2-10-20(15)34-14-22(28)26-12-4-8-18(26)24(31)32/h1-2,5-6,9-10,17-18H,3-4,7-8,11-14H2,(H,29,30)(H,31,32). The summed E-state index contributed by atoms with van der Waals surface area (Å²) in [4.78, 5) is 50.4. The minimum Gasteiger partial charge on any atom is -0.483 e. The second-order valence-electron chi connectivity index (χ2n) is 8.35. The van der Waals surface area contributed by atoms with Crippen LogP contribution in [0.1, 0.15) is 25.7 Å². The molecule has 0 bridgehead atoms. The molecule has 4 rings (SSSR count). The first-order chi connectivity index (χ1) is 16.4. The maximum Gasteiger partial charge on any atom is 0.326 e. The highest BCUT2D eigenvalue weighted by atomic mass is 16.5. The van der Waals surface area contributed by atoms with Gasteiger partial charge in [0.15, 0.2) is 13.2 Å². The second kappa shape index (κ2) is 9.98. The number of amides is 2. The molecule has 180 valence electrons. The normalized spacial score (nSPS) is 19.9. The Bertz CT molecular complexity index is 1030. The lowest BCUT2D eigenvalue weighted by Crippen LogP contribution is -2.42. The molecule has 2 amide bonds. The van der Waals surface area contributed by atoms with Crippen LogP contribution in [-0.4, -0.2) is 82.2 Å². The fourth-order valence-electron chi connectivity index (χ4n) is 4.59. The first-order valence-corrected chi connectivity index (χ1v) is 11.2. The molecule has 0 aliphatic carbocycles. The summed E-state index contributed by atoms with van der Waals surface area (Å²) >= 11 is 0. The molecular weight excluding hydrogens is 444 g/mol. The third-order valence-electron chi connectivity index (χ3n) is 6.26. The summed E-state index contributed by atoms with van der Waals surface area (Å²) in [6.45, 7) is 0.191. The fourth-order valence-corrected chi connectivity index (χ4v) is 4.59. The summed E-state index contributed by atoms with van der Waals surface area (Å²) in [5, 5.41) is 19.9. The minimum absolute atomic E-state index is 0.294. The summed E-state index contributed by atoms with van der Waals surface area (Å²) < 4.78 is 11.5. The lowest BCUT2D eigenvalue weighted by atomic mass is 10.1. The lowest BCUT2D eigenvalue weighted by Gasteiger charge is -2.22. The Morgan fingerprint density at radius 2 is 1.15 bits per heavy atom. The molecule has 2 fully saturated rings. The molecular formula is C24H26N2O8. The molecule has 2 aliphatic rings. The zero-order valence-electron chi connectivity index (χ0n) is 18.5. The SMILES string of the molecule is O=C(O)C1CCCN1C(=O)COc1cccc2c(OCC(=O)N3CCCC3C(=O)O)cccc12. The average molecular weight is 470 g/mol. The molecule has 2 aromatic carbocycles. The van der Waals surface area contributed by atoms with Crippen molar-refractivity contribution in [1.82, 2.24) is 9.80 Å². The highest BCUT2D eigenvalue weighted by Gasteiger charge is 2.35. The van der Waals surface area contributed by atoms with E-state index in [0.29, 0.717) is 61.0 Å². The van der Waals surface area contributed by atoms with Crippen LogP contribution in [0.15, 0.2) is 36.4 Å². The van der Waals surface area contributed by atoms with E-state index in [1.165, 1.54) is 9.80 Å². The summed E-state index contributed by atoms with van der Waals surface area (Å²) in [6.07, 6.45) is 2.14. The number of carboxylic acids is 2. The summed E-state index contributed by atoms with van der Waals surface area (Å²) in [5.41, 5.74) is 0. The molecule has 2 aliphatic heterocycles. The predicted octanol–water partition coefficient (Wildman–Crippen LogP) is 1.75. The van der Waals surface area contributed by atoms with Gasteiger partial charge in [0.2, 0.25) is 0 Å². The topological polar surface area (TPSA) is 134 Å². The van der Waals surface area contributed by atoms with Gasteiger partial charge in [-0.1, -0.05) is 24.3 Å². The van der Waals surface area contributed by atoms with Crippen molar-refractivity contribution in [2.75, 3.05) is 26.3 Å². The highest BCUT2D eigenvalue weighted by molar-refractivity contribution is 5.94. The van der Waals surface area contributed by atoms with E-state index in [1.807, 2.05) is 0 Å². The van der Waals surface area contributed by atoms with Gasteiger partial charge >= 0.3 is 11.9 Å². The summed E-state index contributed by atoms with van der Waals surface area (Å²) in [5.74, 6) is -1.96. The number of ether oxygens (including phenoxy) is 2. The quantitative estimate of drug-likeness (QED) is 0.596. The largest absolute Gasteiger partial charge is 0.483 e. The number of likely N-dealkylation sites (tertiary alicyclic amines) is 2. The third kappa shape index (κ3) is 4.75. The number of carboxylic acid groups (broad SMARTS) is 2. The van der Waals surface area contributed by atoms with E-state index in [1.54, 1.807) is 36.4 Å². The molecule has 2 heterocycles. The van der Waals surface area contributed by atoms with E-state index >= 15 is 0 Å². The Morgan fingerprint density at radius 1 is 0.735 bits per heavy atom. The maximum absolute atomic E-state index is 12.5. The van der Waals surface area contributed by atoms with E-state index < -0.39 is 35.8 Å². The first kappa shape index (κ1) is 23.3. The minimum atomic E-state index is -1.02. The number of aliphatic carboxylic acids is 2. The van der Waals surface area contributed by atoms with Gasteiger partial charge in [0.25, 0.3) is 11.8 Å². The smallest absolute Gasteiger partial charge is 0.326 e. The predicted molar refractivity (Wildman–Crippen MR) is 120 cm³/mol. The Kier molecular flexibility index (Phi) is 6.85. The first-order valence-electron chi connectivity index (χ1n) is 11.2.